The third-order valence-corrected chi connectivity index (χ3v) is 3.04. The molecule has 0 fully saturated rings. The van der Waals surface area contributed by atoms with Crippen LogP contribution in [0.1, 0.15) is 20.8 Å². The molecule has 23 heavy (non-hydrogen) atoms. The Morgan fingerprint density at radius 1 is 1.04 bits per heavy atom. The van der Waals surface area contributed by atoms with Gasteiger partial charge in [-0.25, -0.2) is 9.97 Å². The van der Waals surface area contributed by atoms with Crippen molar-refractivity contribution in [3.05, 3.63) is 24.5 Å². The number of methoxy groups -OCH3 is 2. The Kier molecular flexibility index (Phi) is 4.78. The Labute approximate surface area is 136 Å². The van der Waals surface area contributed by atoms with Crippen molar-refractivity contribution in [1.82, 2.24) is 9.97 Å². The van der Waals surface area contributed by atoms with Crippen LogP contribution in [0.3, 0.4) is 0 Å². The SMILES string of the molecule is COc1ccc(Nc2ncnc(NC(C)(C)C)c2N)c(OC)c1. The minimum Gasteiger partial charge on any atom is -0.497 e. The molecule has 7 nitrogen and oxygen atoms in total. The van der Waals surface area contributed by atoms with Crippen molar-refractivity contribution in [2.24, 2.45) is 0 Å². The molecule has 0 saturated heterocycles. The van der Waals surface area contributed by atoms with Gasteiger partial charge in [-0.05, 0) is 32.9 Å². The maximum Gasteiger partial charge on any atom is 0.159 e. The van der Waals surface area contributed by atoms with E-state index in [1.165, 1.54) is 6.33 Å². The van der Waals surface area contributed by atoms with Crippen LogP contribution in [-0.4, -0.2) is 29.7 Å². The fourth-order valence-electron chi connectivity index (χ4n) is 1.98. The zero-order valence-electron chi connectivity index (χ0n) is 14.1. The lowest BCUT2D eigenvalue weighted by atomic mass is 10.1. The Balaban J connectivity index is 2.32. The van der Waals surface area contributed by atoms with Crippen molar-refractivity contribution in [1.29, 1.82) is 0 Å². The first kappa shape index (κ1) is 16.7. The second-order valence-corrected chi connectivity index (χ2v) is 6.05. The van der Waals surface area contributed by atoms with Crippen molar-refractivity contribution in [2.75, 3.05) is 30.6 Å². The quantitative estimate of drug-likeness (QED) is 0.780. The highest BCUT2D eigenvalue weighted by atomic mass is 16.5. The van der Waals surface area contributed by atoms with E-state index in [9.17, 15) is 0 Å². The summed E-state index contributed by atoms with van der Waals surface area (Å²) in [4.78, 5) is 8.41. The molecular weight excluding hydrogens is 294 g/mol. The Hall–Kier alpha value is -2.70. The maximum absolute atomic E-state index is 6.17. The van der Waals surface area contributed by atoms with Crippen LogP contribution in [0.25, 0.3) is 0 Å². The van der Waals surface area contributed by atoms with Gasteiger partial charge in [-0.1, -0.05) is 0 Å². The summed E-state index contributed by atoms with van der Waals surface area (Å²) in [6, 6.07) is 5.46. The molecule has 0 atom stereocenters. The highest BCUT2D eigenvalue weighted by Gasteiger charge is 2.16. The normalized spacial score (nSPS) is 11.0. The van der Waals surface area contributed by atoms with Crippen molar-refractivity contribution in [3.8, 4) is 11.5 Å². The van der Waals surface area contributed by atoms with Crippen molar-refractivity contribution in [2.45, 2.75) is 26.3 Å². The second kappa shape index (κ2) is 6.60. The highest BCUT2D eigenvalue weighted by molar-refractivity contribution is 5.79. The molecule has 1 aromatic carbocycles. The third kappa shape index (κ3) is 4.15. The van der Waals surface area contributed by atoms with Crippen LogP contribution >= 0.6 is 0 Å². The zero-order chi connectivity index (χ0) is 17.0. The Morgan fingerprint density at radius 2 is 1.74 bits per heavy atom. The summed E-state index contributed by atoms with van der Waals surface area (Å²) in [6.45, 7) is 6.11. The van der Waals surface area contributed by atoms with E-state index in [1.54, 1.807) is 20.3 Å². The molecule has 7 heteroatoms. The first-order valence-corrected chi connectivity index (χ1v) is 7.22. The van der Waals surface area contributed by atoms with Gasteiger partial charge in [-0.3, -0.25) is 0 Å². The van der Waals surface area contributed by atoms with Gasteiger partial charge in [0.05, 0.1) is 19.9 Å². The van der Waals surface area contributed by atoms with E-state index in [0.29, 0.717) is 28.8 Å². The molecule has 0 aliphatic heterocycles. The summed E-state index contributed by atoms with van der Waals surface area (Å²) in [6.07, 6.45) is 1.46. The largest absolute Gasteiger partial charge is 0.497 e. The molecule has 1 heterocycles. The fraction of sp³-hybridized carbons (Fsp3) is 0.375. The molecule has 0 bridgehead atoms. The Bertz CT molecular complexity index is 683. The van der Waals surface area contributed by atoms with E-state index in [-0.39, 0.29) is 5.54 Å². The molecule has 2 rings (SSSR count). The average molecular weight is 317 g/mol. The van der Waals surface area contributed by atoms with Gasteiger partial charge in [0.15, 0.2) is 11.6 Å². The summed E-state index contributed by atoms with van der Waals surface area (Å²) in [5.41, 5.74) is 7.20. The van der Waals surface area contributed by atoms with E-state index in [1.807, 2.05) is 32.9 Å². The van der Waals surface area contributed by atoms with E-state index < -0.39 is 0 Å². The van der Waals surface area contributed by atoms with Gasteiger partial charge in [0.1, 0.15) is 23.5 Å². The van der Waals surface area contributed by atoms with Gasteiger partial charge in [0.25, 0.3) is 0 Å². The van der Waals surface area contributed by atoms with E-state index in [0.717, 1.165) is 5.69 Å². The van der Waals surface area contributed by atoms with Crippen LogP contribution in [0.4, 0.5) is 23.0 Å². The van der Waals surface area contributed by atoms with E-state index in [4.69, 9.17) is 15.2 Å². The van der Waals surface area contributed by atoms with Gasteiger partial charge in [-0.15, -0.1) is 0 Å². The topological polar surface area (TPSA) is 94.3 Å². The number of hydrogen-bond donors (Lipinski definition) is 3. The van der Waals surface area contributed by atoms with Crippen LogP contribution < -0.4 is 25.8 Å². The van der Waals surface area contributed by atoms with Gasteiger partial charge in [-0.2, -0.15) is 0 Å². The fourth-order valence-corrected chi connectivity index (χ4v) is 1.98. The molecule has 2 aromatic rings. The van der Waals surface area contributed by atoms with E-state index >= 15 is 0 Å². The minimum absolute atomic E-state index is 0.155. The van der Waals surface area contributed by atoms with Gasteiger partial charge in [0.2, 0.25) is 0 Å². The second-order valence-electron chi connectivity index (χ2n) is 6.05. The molecular formula is C16H23N5O2. The molecule has 4 N–H and O–H groups in total. The predicted molar refractivity (Wildman–Crippen MR) is 92.6 cm³/mol. The highest BCUT2D eigenvalue weighted by Crippen LogP contribution is 2.34. The molecule has 1 aromatic heterocycles. The molecule has 0 radical (unpaired) electrons. The lowest BCUT2D eigenvalue weighted by Gasteiger charge is -2.23. The molecule has 0 aliphatic rings. The first-order valence-electron chi connectivity index (χ1n) is 7.22. The van der Waals surface area contributed by atoms with Crippen LogP contribution in [0.5, 0.6) is 11.5 Å². The number of nitrogens with two attached hydrogens (primary N) is 1. The van der Waals surface area contributed by atoms with Gasteiger partial charge in [0, 0.05) is 11.6 Å². The number of nitrogens with one attached hydrogen (secondary N) is 2. The number of rotatable bonds is 5. The molecule has 0 aliphatic carbocycles. The lowest BCUT2D eigenvalue weighted by molar-refractivity contribution is 0.395. The van der Waals surface area contributed by atoms with Gasteiger partial charge >= 0.3 is 0 Å². The monoisotopic (exact) mass is 317 g/mol. The number of hydrogen-bond acceptors (Lipinski definition) is 7. The average Bonchev–Trinajstić information content (AvgIpc) is 2.50. The number of nitrogens with zero attached hydrogens (tertiary/aromatic N) is 2. The van der Waals surface area contributed by atoms with Crippen LogP contribution in [0.15, 0.2) is 24.5 Å². The molecule has 0 spiro atoms. The number of ether oxygens (including phenoxy) is 2. The molecule has 124 valence electrons. The Morgan fingerprint density at radius 3 is 2.35 bits per heavy atom. The number of benzene rings is 1. The molecule has 0 saturated carbocycles. The van der Waals surface area contributed by atoms with Crippen molar-refractivity contribution in [3.63, 3.8) is 0 Å². The summed E-state index contributed by atoms with van der Waals surface area (Å²) < 4.78 is 10.6. The number of nitrogen functional groups attached to an aromatic ring is 1. The van der Waals surface area contributed by atoms with Crippen molar-refractivity contribution < 1.29 is 9.47 Å². The third-order valence-electron chi connectivity index (χ3n) is 3.04. The standard InChI is InChI=1S/C16H23N5O2/c1-16(2,3)21-15-13(17)14(18-9-19-15)20-11-7-6-10(22-4)8-12(11)23-5/h6-9H,17H2,1-5H3,(H2,18,19,20,21). The molecule has 0 unspecified atom stereocenters. The lowest BCUT2D eigenvalue weighted by Crippen LogP contribution is -2.27. The van der Waals surface area contributed by atoms with Crippen LogP contribution in [0, 0.1) is 0 Å². The van der Waals surface area contributed by atoms with E-state index in [2.05, 4.69) is 20.6 Å². The minimum atomic E-state index is -0.155. The summed E-state index contributed by atoms with van der Waals surface area (Å²) >= 11 is 0. The first-order chi connectivity index (χ1) is 10.8. The number of aromatic nitrogens is 2. The maximum atomic E-state index is 6.17. The summed E-state index contributed by atoms with van der Waals surface area (Å²) in [5, 5.41) is 6.43. The zero-order valence-corrected chi connectivity index (χ0v) is 14.1. The number of anilines is 4. The van der Waals surface area contributed by atoms with Gasteiger partial charge < -0.3 is 25.8 Å². The van der Waals surface area contributed by atoms with Crippen LogP contribution in [-0.2, 0) is 0 Å². The van der Waals surface area contributed by atoms with Crippen LogP contribution in [0.2, 0.25) is 0 Å². The summed E-state index contributed by atoms with van der Waals surface area (Å²) in [5.74, 6) is 2.43. The van der Waals surface area contributed by atoms with Crippen molar-refractivity contribution >= 4 is 23.0 Å². The molecule has 0 amide bonds. The summed E-state index contributed by atoms with van der Waals surface area (Å²) in [7, 11) is 3.20. The predicted octanol–water partition coefficient (Wildman–Crippen LogP) is 3.03. The smallest absolute Gasteiger partial charge is 0.159 e.